The predicted molar refractivity (Wildman–Crippen MR) is 118 cm³/mol. The summed E-state index contributed by atoms with van der Waals surface area (Å²) < 4.78 is 0. The first-order chi connectivity index (χ1) is 13.7. The van der Waals surface area contributed by atoms with Gasteiger partial charge >= 0.3 is 6.03 Å². The Morgan fingerprint density at radius 1 is 1.14 bits per heavy atom. The number of anilines is 2. The lowest BCUT2D eigenvalue weighted by molar-refractivity contribution is -0.117. The van der Waals surface area contributed by atoms with E-state index in [1.807, 2.05) is 26.0 Å². The highest BCUT2D eigenvalue weighted by atomic mass is 35.5. The summed E-state index contributed by atoms with van der Waals surface area (Å²) >= 11 is 13.5. The van der Waals surface area contributed by atoms with Gasteiger partial charge in [0.25, 0.3) is 0 Å². The van der Waals surface area contributed by atoms with E-state index in [0.29, 0.717) is 41.4 Å². The molecular formula is C19H23Cl2N5O2S. The van der Waals surface area contributed by atoms with E-state index in [4.69, 9.17) is 23.2 Å². The molecule has 3 amide bonds. The van der Waals surface area contributed by atoms with Crippen LogP contribution in [0.3, 0.4) is 0 Å². The average Bonchev–Trinajstić information content (AvgIpc) is 3.01. The number of nitrogens with one attached hydrogen (secondary N) is 2. The van der Waals surface area contributed by atoms with Gasteiger partial charge in [0, 0.05) is 36.7 Å². The van der Waals surface area contributed by atoms with Crippen molar-refractivity contribution in [2.24, 2.45) is 0 Å². The van der Waals surface area contributed by atoms with Crippen molar-refractivity contribution in [2.45, 2.75) is 26.8 Å². The van der Waals surface area contributed by atoms with Crippen LogP contribution in [0.4, 0.5) is 15.6 Å². The third-order valence-corrected chi connectivity index (χ3v) is 6.55. The largest absolute Gasteiger partial charge is 0.368 e. The molecule has 1 aliphatic heterocycles. The number of urea groups is 1. The van der Waals surface area contributed by atoms with Gasteiger partial charge in [-0.05, 0) is 39.0 Å². The van der Waals surface area contributed by atoms with Crippen molar-refractivity contribution in [3.63, 3.8) is 0 Å². The van der Waals surface area contributed by atoms with Crippen LogP contribution in [-0.4, -0.2) is 54.0 Å². The number of amides is 3. The molecule has 156 valence electrons. The van der Waals surface area contributed by atoms with Crippen LogP contribution in [0, 0.1) is 13.8 Å². The molecule has 1 aromatic heterocycles. The van der Waals surface area contributed by atoms with Gasteiger partial charge < -0.3 is 20.4 Å². The van der Waals surface area contributed by atoms with Crippen LogP contribution < -0.4 is 15.5 Å². The lowest BCUT2D eigenvalue weighted by Crippen LogP contribution is -2.54. The normalized spacial score (nSPS) is 15.2. The molecule has 2 heterocycles. The lowest BCUT2D eigenvalue weighted by atomic mass is 10.2. The van der Waals surface area contributed by atoms with Gasteiger partial charge in [0.2, 0.25) is 5.91 Å². The fourth-order valence-corrected chi connectivity index (χ4v) is 4.04. The van der Waals surface area contributed by atoms with Crippen molar-refractivity contribution in [1.29, 1.82) is 0 Å². The van der Waals surface area contributed by atoms with E-state index in [1.165, 1.54) is 11.3 Å². The van der Waals surface area contributed by atoms with E-state index in [0.717, 1.165) is 16.3 Å². The topological polar surface area (TPSA) is 77.6 Å². The Labute approximate surface area is 184 Å². The summed E-state index contributed by atoms with van der Waals surface area (Å²) in [6, 6.07) is 4.59. The summed E-state index contributed by atoms with van der Waals surface area (Å²) in [7, 11) is 0. The van der Waals surface area contributed by atoms with E-state index in [2.05, 4.69) is 20.5 Å². The summed E-state index contributed by atoms with van der Waals surface area (Å²) in [5, 5.41) is 7.08. The van der Waals surface area contributed by atoms with E-state index >= 15 is 0 Å². The maximum atomic E-state index is 12.5. The number of nitrogens with zero attached hydrogens (tertiary/aromatic N) is 3. The second-order valence-corrected chi connectivity index (χ2v) is 8.91. The van der Waals surface area contributed by atoms with Gasteiger partial charge in [0.1, 0.15) is 6.04 Å². The summed E-state index contributed by atoms with van der Waals surface area (Å²) in [6.45, 7) is 7.94. The van der Waals surface area contributed by atoms with Crippen LogP contribution in [0.5, 0.6) is 0 Å². The number of aromatic nitrogens is 1. The van der Waals surface area contributed by atoms with Gasteiger partial charge in [-0.25, -0.2) is 9.78 Å². The Bertz CT molecular complexity index is 892. The first-order valence-corrected chi connectivity index (χ1v) is 10.8. The minimum atomic E-state index is -0.667. The van der Waals surface area contributed by atoms with E-state index < -0.39 is 6.04 Å². The molecule has 1 aromatic carbocycles. The molecular weight excluding hydrogens is 433 g/mol. The van der Waals surface area contributed by atoms with Crippen LogP contribution in [0.2, 0.25) is 10.0 Å². The first-order valence-electron chi connectivity index (χ1n) is 9.25. The number of aryl methyl sites for hydroxylation is 2. The molecule has 1 atom stereocenters. The first kappa shape index (κ1) is 21.7. The fraction of sp³-hybridized carbons (Fsp3) is 0.421. The van der Waals surface area contributed by atoms with Crippen molar-refractivity contribution in [3.8, 4) is 0 Å². The molecule has 1 fully saturated rings. The average molecular weight is 456 g/mol. The third kappa shape index (κ3) is 5.32. The highest BCUT2D eigenvalue weighted by Crippen LogP contribution is 2.27. The molecule has 29 heavy (non-hydrogen) atoms. The highest BCUT2D eigenvalue weighted by Gasteiger charge is 2.24. The quantitative estimate of drug-likeness (QED) is 0.731. The van der Waals surface area contributed by atoms with E-state index in [-0.39, 0.29) is 11.9 Å². The molecule has 0 unspecified atom stereocenters. The molecule has 2 aromatic rings. The molecule has 3 rings (SSSR count). The molecule has 0 radical (unpaired) electrons. The molecule has 10 heteroatoms. The van der Waals surface area contributed by atoms with Gasteiger partial charge in [0.15, 0.2) is 5.13 Å². The number of carbonyl (C=O) groups excluding carboxylic acids is 2. The maximum Gasteiger partial charge on any atom is 0.318 e. The highest BCUT2D eigenvalue weighted by molar-refractivity contribution is 7.15. The van der Waals surface area contributed by atoms with Crippen molar-refractivity contribution in [3.05, 3.63) is 38.8 Å². The third-order valence-electron chi connectivity index (χ3n) is 4.83. The van der Waals surface area contributed by atoms with Crippen molar-refractivity contribution in [1.82, 2.24) is 15.2 Å². The van der Waals surface area contributed by atoms with Gasteiger partial charge in [-0.2, -0.15) is 0 Å². The number of halogens is 2. The van der Waals surface area contributed by atoms with Gasteiger partial charge in [-0.15, -0.1) is 11.3 Å². The number of carbonyl (C=O) groups is 2. The monoisotopic (exact) mass is 455 g/mol. The van der Waals surface area contributed by atoms with Gasteiger partial charge in [-0.3, -0.25) is 4.79 Å². The minimum absolute atomic E-state index is 0.257. The van der Waals surface area contributed by atoms with Crippen LogP contribution in [-0.2, 0) is 4.79 Å². The molecule has 1 saturated heterocycles. The SMILES string of the molecule is Cc1nc(NC(=O)[C@H](C)NC(=O)N2CCN(c3ccc(Cl)c(Cl)c3)CC2)sc1C. The zero-order valence-corrected chi connectivity index (χ0v) is 18.8. The standard InChI is InChI=1S/C19H23Cl2N5O2S/c1-11-13(3)29-18(22-11)24-17(27)12(2)23-19(28)26-8-6-25(7-9-26)14-4-5-15(20)16(21)10-14/h4-5,10,12H,6-9H2,1-3H3,(H,23,28)(H,22,24,27)/t12-/m0/s1. The number of thiazole rings is 1. The number of benzene rings is 1. The number of rotatable bonds is 4. The van der Waals surface area contributed by atoms with Crippen LogP contribution in [0.1, 0.15) is 17.5 Å². The van der Waals surface area contributed by atoms with Crippen LogP contribution in [0.15, 0.2) is 18.2 Å². The molecule has 0 spiro atoms. The molecule has 1 aliphatic rings. The van der Waals surface area contributed by atoms with E-state index in [1.54, 1.807) is 17.9 Å². The predicted octanol–water partition coefficient (Wildman–Crippen LogP) is 3.93. The van der Waals surface area contributed by atoms with Crippen molar-refractivity contribution in [2.75, 3.05) is 36.4 Å². The molecule has 0 bridgehead atoms. The lowest BCUT2D eigenvalue weighted by Gasteiger charge is -2.36. The Morgan fingerprint density at radius 3 is 2.41 bits per heavy atom. The molecule has 7 nitrogen and oxygen atoms in total. The van der Waals surface area contributed by atoms with Crippen molar-refractivity contribution >= 4 is 57.3 Å². The minimum Gasteiger partial charge on any atom is -0.368 e. The van der Waals surface area contributed by atoms with E-state index in [9.17, 15) is 9.59 Å². The Hall–Kier alpha value is -2.03. The zero-order chi connectivity index (χ0) is 21.1. The summed E-state index contributed by atoms with van der Waals surface area (Å²) in [4.78, 5) is 34.1. The summed E-state index contributed by atoms with van der Waals surface area (Å²) in [5.74, 6) is -0.290. The number of hydrogen-bond donors (Lipinski definition) is 2. The number of hydrogen-bond acceptors (Lipinski definition) is 5. The maximum absolute atomic E-state index is 12.5. The second kappa shape index (κ2) is 9.19. The summed E-state index contributed by atoms with van der Waals surface area (Å²) in [6.07, 6.45) is 0. The molecule has 0 saturated carbocycles. The summed E-state index contributed by atoms with van der Waals surface area (Å²) in [5.41, 5.74) is 1.86. The second-order valence-electron chi connectivity index (χ2n) is 6.89. The Balaban J connectivity index is 1.49. The zero-order valence-electron chi connectivity index (χ0n) is 16.5. The smallest absolute Gasteiger partial charge is 0.318 e. The van der Waals surface area contributed by atoms with Crippen molar-refractivity contribution < 1.29 is 9.59 Å². The number of piperazine rings is 1. The Morgan fingerprint density at radius 2 is 1.83 bits per heavy atom. The fourth-order valence-electron chi connectivity index (χ4n) is 2.93. The molecule has 2 N–H and O–H groups in total. The van der Waals surface area contributed by atoms with Crippen LogP contribution >= 0.6 is 34.5 Å². The van der Waals surface area contributed by atoms with Gasteiger partial charge in [-0.1, -0.05) is 23.2 Å². The van der Waals surface area contributed by atoms with Crippen LogP contribution in [0.25, 0.3) is 0 Å². The Kier molecular flexibility index (Phi) is 6.87. The molecule has 0 aliphatic carbocycles. The van der Waals surface area contributed by atoms with Gasteiger partial charge in [0.05, 0.1) is 15.7 Å².